The molecular formula is C13H28N2O2S. The van der Waals surface area contributed by atoms with Gasteiger partial charge in [0.1, 0.15) is 0 Å². The molecule has 2 N–H and O–H groups in total. The summed E-state index contributed by atoms with van der Waals surface area (Å²) in [5.41, 5.74) is 0. The van der Waals surface area contributed by atoms with Gasteiger partial charge in [0.25, 0.3) is 0 Å². The van der Waals surface area contributed by atoms with E-state index >= 15 is 0 Å². The summed E-state index contributed by atoms with van der Waals surface area (Å²) in [6.45, 7) is 5.08. The predicted octanol–water partition coefficient (Wildman–Crippen LogP) is 1.87. The van der Waals surface area contributed by atoms with E-state index in [1.807, 2.05) is 13.8 Å². The quantitative estimate of drug-likeness (QED) is 0.551. The third kappa shape index (κ3) is 7.34. The van der Waals surface area contributed by atoms with E-state index in [1.165, 1.54) is 38.5 Å². The van der Waals surface area contributed by atoms with Crippen LogP contribution in [-0.4, -0.2) is 33.3 Å². The lowest BCUT2D eigenvalue weighted by molar-refractivity contribution is 0.461. The van der Waals surface area contributed by atoms with Gasteiger partial charge in [-0.05, 0) is 18.8 Å². The van der Waals surface area contributed by atoms with Gasteiger partial charge in [0.15, 0.2) is 0 Å². The maximum absolute atomic E-state index is 11.6. The van der Waals surface area contributed by atoms with Crippen molar-refractivity contribution in [2.75, 3.05) is 18.8 Å². The van der Waals surface area contributed by atoms with Crippen molar-refractivity contribution in [3.05, 3.63) is 0 Å². The van der Waals surface area contributed by atoms with Gasteiger partial charge in [-0.25, -0.2) is 13.1 Å². The summed E-state index contributed by atoms with van der Waals surface area (Å²) in [7, 11) is -3.08. The molecule has 0 amide bonds. The van der Waals surface area contributed by atoms with Gasteiger partial charge in [-0.1, -0.05) is 39.5 Å². The van der Waals surface area contributed by atoms with Crippen molar-refractivity contribution in [1.29, 1.82) is 0 Å². The highest BCUT2D eigenvalue weighted by atomic mass is 32.2. The molecule has 18 heavy (non-hydrogen) atoms. The van der Waals surface area contributed by atoms with Crippen LogP contribution >= 0.6 is 0 Å². The molecule has 0 unspecified atom stereocenters. The van der Waals surface area contributed by atoms with Crippen LogP contribution in [0.1, 0.15) is 52.4 Å². The van der Waals surface area contributed by atoms with Crippen molar-refractivity contribution in [2.24, 2.45) is 5.92 Å². The van der Waals surface area contributed by atoms with E-state index in [2.05, 4.69) is 10.0 Å². The fourth-order valence-electron chi connectivity index (χ4n) is 2.46. The first-order chi connectivity index (χ1) is 8.49. The Labute approximate surface area is 112 Å². The largest absolute Gasteiger partial charge is 0.313 e. The molecule has 0 saturated heterocycles. The molecule has 0 aromatic carbocycles. The zero-order valence-electron chi connectivity index (χ0n) is 11.7. The normalized spacial score (nSPS) is 19.1. The maximum Gasteiger partial charge on any atom is 0.211 e. The molecule has 0 atom stereocenters. The highest BCUT2D eigenvalue weighted by Gasteiger charge is 2.13. The molecule has 1 aliphatic carbocycles. The number of hydrogen-bond donors (Lipinski definition) is 2. The SMILES string of the molecule is CC(C)CS(=O)(=O)NCCNC1CCCCCC1. The lowest BCUT2D eigenvalue weighted by Crippen LogP contribution is -2.38. The molecule has 0 aromatic heterocycles. The highest BCUT2D eigenvalue weighted by molar-refractivity contribution is 7.89. The minimum atomic E-state index is -3.08. The highest BCUT2D eigenvalue weighted by Crippen LogP contribution is 2.16. The number of rotatable bonds is 7. The van der Waals surface area contributed by atoms with Gasteiger partial charge in [-0.2, -0.15) is 0 Å². The first-order valence-corrected chi connectivity index (χ1v) is 8.85. The van der Waals surface area contributed by atoms with Gasteiger partial charge in [-0.3, -0.25) is 0 Å². The molecule has 5 heteroatoms. The smallest absolute Gasteiger partial charge is 0.211 e. The van der Waals surface area contributed by atoms with Crippen molar-refractivity contribution < 1.29 is 8.42 Å². The van der Waals surface area contributed by atoms with Crippen molar-refractivity contribution >= 4 is 10.0 Å². The summed E-state index contributed by atoms with van der Waals surface area (Å²) < 4.78 is 25.9. The Morgan fingerprint density at radius 3 is 2.22 bits per heavy atom. The summed E-state index contributed by atoms with van der Waals surface area (Å²) in [5, 5.41) is 3.46. The van der Waals surface area contributed by atoms with Gasteiger partial charge in [-0.15, -0.1) is 0 Å². The van der Waals surface area contributed by atoms with E-state index in [1.54, 1.807) is 0 Å². The van der Waals surface area contributed by atoms with Gasteiger partial charge in [0.2, 0.25) is 10.0 Å². The predicted molar refractivity (Wildman–Crippen MR) is 76.1 cm³/mol. The van der Waals surface area contributed by atoms with E-state index in [4.69, 9.17) is 0 Å². The van der Waals surface area contributed by atoms with Crippen molar-refractivity contribution in [3.8, 4) is 0 Å². The van der Waals surface area contributed by atoms with E-state index in [-0.39, 0.29) is 11.7 Å². The fourth-order valence-corrected chi connectivity index (χ4v) is 3.87. The van der Waals surface area contributed by atoms with E-state index < -0.39 is 10.0 Å². The molecule has 1 saturated carbocycles. The van der Waals surface area contributed by atoms with Crippen LogP contribution in [0.4, 0.5) is 0 Å². The van der Waals surface area contributed by atoms with Crippen molar-refractivity contribution in [3.63, 3.8) is 0 Å². The second-order valence-corrected chi connectivity index (χ2v) is 7.56. The summed E-state index contributed by atoms with van der Waals surface area (Å²) in [6, 6.07) is 0.585. The minimum absolute atomic E-state index is 0.178. The molecule has 108 valence electrons. The number of sulfonamides is 1. The minimum Gasteiger partial charge on any atom is -0.313 e. The van der Waals surface area contributed by atoms with Crippen LogP contribution in [0.15, 0.2) is 0 Å². The van der Waals surface area contributed by atoms with Crippen LogP contribution in [0.5, 0.6) is 0 Å². The van der Waals surface area contributed by atoms with Crippen LogP contribution in [0.3, 0.4) is 0 Å². The molecule has 0 heterocycles. The zero-order chi connectivity index (χ0) is 13.4. The van der Waals surface area contributed by atoms with Crippen LogP contribution in [0.25, 0.3) is 0 Å². The average molecular weight is 276 g/mol. The Kier molecular flexibility index (Phi) is 7.19. The number of nitrogens with one attached hydrogen (secondary N) is 2. The second kappa shape index (κ2) is 8.12. The fraction of sp³-hybridized carbons (Fsp3) is 1.00. The van der Waals surface area contributed by atoms with Crippen LogP contribution in [0.2, 0.25) is 0 Å². The topological polar surface area (TPSA) is 58.2 Å². The zero-order valence-corrected chi connectivity index (χ0v) is 12.6. The van der Waals surface area contributed by atoms with Crippen LogP contribution in [0, 0.1) is 5.92 Å². The Balaban J connectivity index is 2.13. The molecule has 0 spiro atoms. The molecular weight excluding hydrogens is 248 g/mol. The monoisotopic (exact) mass is 276 g/mol. The van der Waals surface area contributed by atoms with Gasteiger partial charge < -0.3 is 5.32 Å². The summed E-state index contributed by atoms with van der Waals surface area (Å²) in [4.78, 5) is 0. The molecule has 0 aliphatic heterocycles. The van der Waals surface area contributed by atoms with Crippen LogP contribution < -0.4 is 10.0 Å². The summed E-state index contributed by atoms with van der Waals surface area (Å²) in [5.74, 6) is 0.397. The molecule has 1 rings (SSSR count). The van der Waals surface area contributed by atoms with E-state index in [9.17, 15) is 8.42 Å². The Morgan fingerprint density at radius 2 is 1.67 bits per heavy atom. The summed E-state index contributed by atoms with van der Waals surface area (Å²) in [6.07, 6.45) is 7.77. The lowest BCUT2D eigenvalue weighted by Gasteiger charge is -2.16. The van der Waals surface area contributed by atoms with Crippen molar-refractivity contribution in [1.82, 2.24) is 10.0 Å². The van der Waals surface area contributed by atoms with Gasteiger partial charge >= 0.3 is 0 Å². The molecule has 1 fully saturated rings. The Bertz CT molecular complexity index is 307. The molecule has 0 radical (unpaired) electrons. The lowest BCUT2D eigenvalue weighted by atomic mass is 10.1. The third-order valence-electron chi connectivity index (χ3n) is 3.29. The van der Waals surface area contributed by atoms with Gasteiger partial charge in [0.05, 0.1) is 5.75 Å². The third-order valence-corrected chi connectivity index (χ3v) is 5.04. The Morgan fingerprint density at radius 1 is 1.06 bits per heavy atom. The Hall–Kier alpha value is -0.130. The summed E-state index contributed by atoms with van der Waals surface area (Å²) >= 11 is 0. The first kappa shape index (κ1) is 15.9. The van der Waals surface area contributed by atoms with E-state index in [0.29, 0.717) is 12.6 Å². The standard InChI is InChI=1S/C13H28N2O2S/c1-12(2)11-18(16,17)15-10-9-14-13-7-5-3-4-6-8-13/h12-15H,3-11H2,1-2H3. The molecule has 1 aliphatic rings. The molecule has 0 aromatic rings. The number of hydrogen-bond acceptors (Lipinski definition) is 3. The maximum atomic E-state index is 11.6. The first-order valence-electron chi connectivity index (χ1n) is 7.20. The van der Waals surface area contributed by atoms with Crippen LogP contribution in [-0.2, 0) is 10.0 Å². The van der Waals surface area contributed by atoms with E-state index in [0.717, 1.165) is 6.54 Å². The average Bonchev–Trinajstić information content (AvgIpc) is 2.51. The molecule has 0 bridgehead atoms. The second-order valence-electron chi connectivity index (χ2n) is 5.71. The van der Waals surface area contributed by atoms with Crippen molar-refractivity contribution in [2.45, 2.75) is 58.4 Å². The van der Waals surface area contributed by atoms with Gasteiger partial charge in [0, 0.05) is 19.1 Å². The molecule has 4 nitrogen and oxygen atoms in total.